The van der Waals surface area contributed by atoms with Crippen LogP contribution in [0.2, 0.25) is 5.82 Å². The summed E-state index contributed by atoms with van der Waals surface area (Å²) < 4.78 is 0. The van der Waals surface area contributed by atoms with Gasteiger partial charge in [0.2, 0.25) is 0 Å². The molecule has 1 aliphatic carbocycles. The highest BCUT2D eigenvalue weighted by atomic mass is 16.1. The van der Waals surface area contributed by atoms with Crippen molar-refractivity contribution in [3.63, 3.8) is 0 Å². The van der Waals surface area contributed by atoms with Crippen molar-refractivity contribution in [2.45, 2.75) is 24.7 Å². The molecule has 2 atom stereocenters. The molecule has 2 rings (SSSR count). The predicted octanol–water partition coefficient (Wildman–Crippen LogP) is 0.547. The number of Topliss-reactive ketones (excluding diaryl/α,β-unsaturated/α-hetero) is 1. The molecule has 3 heteroatoms. The molecule has 2 aliphatic rings. The highest BCUT2D eigenvalue weighted by molar-refractivity contribution is 6.24. The molecule has 0 N–H and O–H groups in total. The van der Waals surface area contributed by atoms with E-state index in [1.54, 1.807) is 0 Å². The molecule has 1 saturated carbocycles. The molecule has 2 unspecified atom stereocenters. The number of nitrogens with zero attached hydrogens (tertiary/aromatic N) is 1. The van der Waals surface area contributed by atoms with Gasteiger partial charge in [0, 0.05) is 19.0 Å². The lowest BCUT2D eigenvalue weighted by molar-refractivity contribution is -0.120. The van der Waals surface area contributed by atoms with Gasteiger partial charge in [-0.25, -0.2) is 0 Å². The molecule has 0 aromatic carbocycles. The Morgan fingerprint density at radius 2 is 2.33 bits per heavy atom. The molecule has 0 spiro atoms. The summed E-state index contributed by atoms with van der Waals surface area (Å²) in [7, 11) is 7.72. The lowest BCUT2D eigenvalue weighted by Crippen LogP contribution is -2.35. The van der Waals surface area contributed by atoms with Crippen molar-refractivity contribution in [3.8, 4) is 0 Å². The minimum absolute atomic E-state index is 0.214. The van der Waals surface area contributed by atoms with E-state index < -0.39 is 0 Å². The van der Waals surface area contributed by atoms with Gasteiger partial charge in [-0.2, -0.15) is 0 Å². The van der Waals surface area contributed by atoms with Crippen molar-refractivity contribution >= 4 is 13.6 Å². The topological polar surface area (TPSA) is 20.3 Å². The van der Waals surface area contributed by atoms with Crippen LogP contribution in [0.4, 0.5) is 0 Å². The fourth-order valence-electron chi connectivity index (χ4n) is 2.02. The van der Waals surface area contributed by atoms with Crippen LogP contribution in [-0.4, -0.2) is 38.2 Å². The van der Waals surface area contributed by atoms with Crippen LogP contribution in [0.3, 0.4) is 0 Å². The van der Waals surface area contributed by atoms with Gasteiger partial charge < -0.3 is 4.79 Å². The van der Waals surface area contributed by atoms with Gasteiger partial charge in [0.05, 0.1) is 7.85 Å². The zero-order valence-corrected chi connectivity index (χ0v) is 7.29. The minimum Gasteiger partial charge on any atom is -0.300 e. The lowest BCUT2D eigenvalue weighted by atomic mass is 9.71. The number of hydrogen-bond acceptors (Lipinski definition) is 2. The Balaban J connectivity index is 2.17. The Labute approximate surface area is 74.0 Å². The molecule has 1 heterocycles. The van der Waals surface area contributed by atoms with E-state index in [4.69, 9.17) is 7.85 Å². The SMILES string of the molecule is [B]C1CC2=CCN(C)C2CC1=O. The summed E-state index contributed by atoms with van der Waals surface area (Å²) in [5, 5.41) is 0. The first-order valence-corrected chi connectivity index (χ1v) is 4.36. The van der Waals surface area contributed by atoms with Crippen LogP contribution in [0.5, 0.6) is 0 Å². The number of fused-ring (bicyclic) bond motifs is 1. The number of hydrogen-bond donors (Lipinski definition) is 0. The van der Waals surface area contributed by atoms with Crippen molar-refractivity contribution < 1.29 is 4.79 Å². The van der Waals surface area contributed by atoms with Crippen molar-refractivity contribution in [3.05, 3.63) is 11.6 Å². The predicted molar refractivity (Wildman–Crippen MR) is 48.2 cm³/mol. The maximum atomic E-state index is 11.3. The van der Waals surface area contributed by atoms with Gasteiger partial charge in [-0.1, -0.05) is 11.6 Å². The molecule has 62 valence electrons. The van der Waals surface area contributed by atoms with E-state index >= 15 is 0 Å². The third-order valence-corrected chi connectivity index (χ3v) is 2.87. The number of likely N-dealkylation sites (N-methyl/N-ethyl adjacent to an activating group) is 1. The molecule has 0 bridgehead atoms. The average molecular weight is 161 g/mol. The van der Waals surface area contributed by atoms with Gasteiger partial charge >= 0.3 is 0 Å². The number of ketones is 1. The second kappa shape index (κ2) is 2.73. The van der Waals surface area contributed by atoms with Crippen LogP contribution in [0, 0.1) is 0 Å². The molecular weight excluding hydrogens is 149 g/mol. The second-order valence-corrected chi connectivity index (χ2v) is 3.72. The average Bonchev–Trinajstić information content (AvgIpc) is 2.35. The summed E-state index contributed by atoms with van der Waals surface area (Å²) >= 11 is 0. The molecule has 0 amide bonds. The summed E-state index contributed by atoms with van der Waals surface area (Å²) in [5.41, 5.74) is 1.37. The Kier molecular flexibility index (Phi) is 1.83. The van der Waals surface area contributed by atoms with E-state index in [1.165, 1.54) is 5.57 Å². The zero-order valence-electron chi connectivity index (χ0n) is 7.29. The van der Waals surface area contributed by atoms with Crippen molar-refractivity contribution in [1.29, 1.82) is 0 Å². The summed E-state index contributed by atoms with van der Waals surface area (Å²) in [4.78, 5) is 13.5. The molecule has 1 fully saturated rings. The van der Waals surface area contributed by atoms with Crippen LogP contribution < -0.4 is 0 Å². The monoisotopic (exact) mass is 161 g/mol. The Bertz CT molecular complexity index is 249. The third-order valence-electron chi connectivity index (χ3n) is 2.87. The zero-order chi connectivity index (χ0) is 8.72. The summed E-state index contributed by atoms with van der Waals surface area (Å²) in [6.45, 7) is 0.972. The van der Waals surface area contributed by atoms with E-state index in [9.17, 15) is 4.79 Å². The van der Waals surface area contributed by atoms with Crippen LogP contribution in [0.1, 0.15) is 12.8 Å². The second-order valence-electron chi connectivity index (χ2n) is 3.72. The third kappa shape index (κ3) is 1.12. The quantitative estimate of drug-likeness (QED) is 0.382. The van der Waals surface area contributed by atoms with Crippen LogP contribution in [0.15, 0.2) is 11.6 Å². The molecule has 0 aromatic rings. The summed E-state index contributed by atoms with van der Waals surface area (Å²) in [5.74, 6) is -0.0232. The maximum Gasteiger partial charge on any atom is 0.129 e. The summed E-state index contributed by atoms with van der Waals surface area (Å²) in [6.07, 6.45) is 3.59. The molecule has 12 heavy (non-hydrogen) atoms. The molecule has 2 nitrogen and oxygen atoms in total. The first-order chi connectivity index (χ1) is 5.68. The van der Waals surface area contributed by atoms with E-state index in [-0.39, 0.29) is 11.6 Å². The number of rotatable bonds is 0. The van der Waals surface area contributed by atoms with Gasteiger partial charge in [0.25, 0.3) is 0 Å². The smallest absolute Gasteiger partial charge is 0.129 e. The van der Waals surface area contributed by atoms with Gasteiger partial charge in [-0.15, -0.1) is 0 Å². The fourth-order valence-corrected chi connectivity index (χ4v) is 2.02. The van der Waals surface area contributed by atoms with Crippen LogP contribution in [0.25, 0.3) is 0 Å². The van der Waals surface area contributed by atoms with Crippen molar-refractivity contribution in [1.82, 2.24) is 4.90 Å². The van der Waals surface area contributed by atoms with E-state index in [1.807, 2.05) is 0 Å². The lowest BCUT2D eigenvalue weighted by Gasteiger charge is -2.29. The van der Waals surface area contributed by atoms with E-state index in [2.05, 4.69) is 18.0 Å². The number of carbonyl (C=O) groups is 1. The first kappa shape index (κ1) is 8.05. The summed E-state index contributed by atoms with van der Waals surface area (Å²) in [6, 6.07) is 0.359. The maximum absolute atomic E-state index is 11.3. The van der Waals surface area contributed by atoms with Gasteiger partial charge in [0.15, 0.2) is 0 Å². The standard InChI is InChI=1S/C9H12BNO/c1-11-3-2-6-4-7(10)9(12)5-8(6)11/h2,7-8H,3-5H2,1H3. The van der Waals surface area contributed by atoms with Crippen LogP contribution in [-0.2, 0) is 4.79 Å². The molecule has 0 aromatic heterocycles. The van der Waals surface area contributed by atoms with Crippen molar-refractivity contribution in [2.24, 2.45) is 0 Å². The minimum atomic E-state index is -0.237. The molecule has 2 radical (unpaired) electrons. The highest BCUT2D eigenvalue weighted by Gasteiger charge is 2.33. The highest BCUT2D eigenvalue weighted by Crippen LogP contribution is 2.33. The van der Waals surface area contributed by atoms with E-state index in [0.717, 1.165) is 13.0 Å². The fraction of sp³-hybridized carbons (Fsp3) is 0.667. The van der Waals surface area contributed by atoms with Gasteiger partial charge in [0.1, 0.15) is 5.78 Å². The Hall–Kier alpha value is -0.565. The first-order valence-electron chi connectivity index (χ1n) is 4.36. The normalized spacial score (nSPS) is 36.4. The Morgan fingerprint density at radius 1 is 1.58 bits per heavy atom. The van der Waals surface area contributed by atoms with Crippen molar-refractivity contribution in [2.75, 3.05) is 13.6 Å². The van der Waals surface area contributed by atoms with Gasteiger partial charge in [-0.05, 0) is 19.3 Å². The molecule has 0 saturated heterocycles. The largest absolute Gasteiger partial charge is 0.300 e. The van der Waals surface area contributed by atoms with E-state index in [0.29, 0.717) is 12.5 Å². The van der Waals surface area contributed by atoms with Crippen LogP contribution >= 0.6 is 0 Å². The molecular formula is C9H12BNO. The van der Waals surface area contributed by atoms with Gasteiger partial charge in [-0.3, -0.25) is 4.90 Å². The molecule has 1 aliphatic heterocycles. The number of carbonyl (C=O) groups excluding carboxylic acids is 1. The Morgan fingerprint density at radius 3 is 3.08 bits per heavy atom.